The van der Waals surface area contributed by atoms with Crippen LogP contribution in [-0.2, 0) is 4.79 Å². The lowest BCUT2D eigenvalue weighted by molar-refractivity contribution is -0.117. The van der Waals surface area contributed by atoms with Gasteiger partial charge in [-0.3, -0.25) is 9.69 Å². The molecule has 0 heterocycles. The van der Waals surface area contributed by atoms with Crippen LogP contribution in [0.2, 0.25) is 0 Å². The lowest BCUT2D eigenvalue weighted by Gasteiger charge is -2.22. The highest BCUT2D eigenvalue weighted by atomic mass is 19.1. The Bertz CT molecular complexity index is 426. The van der Waals surface area contributed by atoms with Crippen molar-refractivity contribution in [1.29, 1.82) is 0 Å². The molecular weight excluding hydrogens is 237 g/mol. The Balaban J connectivity index is 2.62. The van der Waals surface area contributed by atoms with Crippen LogP contribution < -0.4 is 11.1 Å². The summed E-state index contributed by atoms with van der Waals surface area (Å²) in [5, 5.41) is 11.5. The number of nitrogens with zero attached hydrogens (tertiary/aromatic N) is 1. The molecule has 0 spiro atoms. The highest BCUT2D eigenvalue weighted by Gasteiger charge is 2.13. The van der Waals surface area contributed by atoms with Crippen LogP contribution in [0.4, 0.5) is 15.8 Å². The predicted molar refractivity (Wildman–Crippen MR) is 68.6 cm³/mol. The second-order valence-electron chi connectivity index (χ2n) is 4.23. The van der Waals surface area contributed by atoms with Crippen LogP contribution in [0, 0.1) is 5.82 Å². The Morgan fingerprint density at radius 1 is 1.61 bits per heavy atom. The number of carbonyl (C=O) groups excluding carboxylic acids is 1. The minimum Gasteiger partial charge on any atom is -0.397 e. The number of rotatable bonds is 5. The van der Waals surface area contributed by atoms with E-state index < -0.39 is 5.82 Å². The molecule has 100 valence electrons. The van der Waals surface area contributed by atoms with Gasteiger partial charge in [-0.25, -0.2) is 4.39 Å². The molecule has 0 fully saturated rings. The first-order valence-corrected chi connectivity index (χ1v) is 5.60. The quantitative estimate of drug-likeness (QED) is 0.675. The molecule has 1 aromatic carbocycles. The summed E-state index contributed by atoms with van der Waals surface area (Å²) in [6, 6.07) is 3.67. The van der Waals surface area contributed by atoms with Crippen molar-refractivity contribution in [3.05, 3.63) is 24.0 Å². The van der Waals surface area contributed by atoms with Crippen LogP contribution in [-0.4, -0.2) is 42.2 Å². The van der Waals surface area contributed by atoms with Crippen LogP contribution in [0.1, 0.15) is 6.92 Å². The molecule has 0 saturated carbocycles. The number of hydrogen-bond donors (Lipinski definition) is 3. The van der Waals surface area contributed by atoms with Crippen molar-refractivity contribution in [2.75, 3.05) is 31.2 Å². The molecule has 0 bridgehead atoms. The van der Waals surface area contributed by atoms with Gasteiger partial charge in [-0.15, -0.1) is 0 Å². The van der Waals surface area contributed by atoms with Crippen molar-refractivity contribution >= 4 is 17.3 Å². The number of halogens is 1. The molecule has 1 aromatic rings. The molecule has 1 amide bonds. The first-order valence-electron chi connectivity index (χ1n) is 5.60. The monoisotopic (exact) mass is 255 g/mol. The Labute approximate surface area is 105 Å². The van der Waals surface area contributed by atoms with Crippen LogP contribution in [0.25, 0.3) is 0 Å². The molecule has 0 radical (unpaired) electrons. The number of amides is 1. The van der Waals surface area contributed by atoms with E-state index in [4.69, 9.17) is 10.8 Å². The normalized spacial score (nSPS) is 12.5. The number of benzene rings is 1. The standard InChI is InChI=1S/C12H18FN3O2/c1-8(7-17)16(2)6-12(18)15-11-5-9(13)3-4-10(11)14/h3-5,8,17H,6-7,14H2,1-2H3,(H,15,18). The summed E-state index contributed by atoms with van der Waals surface area (Å²) in [6.07, 6.45) is 0. The second kappa shape index (κ2) is 6.32. The number of carbonyl (C=O) groups is 1. The number of nitrogens with one attached hydrogen (secondary N) is 1. The fourth-order valence-electron chi connectivity index (χ4n) is 1.35. The van der Waals surface area contributed by atoms with Gasteiger partial charge in [0.2, 0.25) is 5.91 Å². The SMILES string of the molecule is CC(CO)N(C)CC(=O)Nc1cc(F)ccc1N. The van der Waals surface area contributed by atoms with E-state index in [1.54, 1.807) is 18.9 Å². The minimum atomic E-state index is -0.461. The van der Waals surface area contributed by atoms with Crippen LogP contribution >= 0.6 is 0 Å². The van der Waals surface area contributed by atoms with Crippen molar-refractivity contribution in [2.45, 2.75) is 13.0 Å². The van der Waals surface area contributed by atoms with E-state index in [-0.39, 0.29) is 30.8 Å². The number of anilines is 2. The van der Waals surface area contributed by atoms with Crippen molar-refractivity contribution in [2.24, 2.45) is 0 Å². The first kappa shape index (κ1) is 14.4. The lowest BCUT2D eigenvalue weighted by atomic mass is 10.2. The van der Waals surface area contributed by atoms with Gasteiger partial charge in [0.1, 0.15) is 5.82 Å². The Hall–Kier alpha value is -1.66. The molecule has 18 heavy (non-hydrogen) atoms. The van der Waals surface area contributed by atoms with Crippen LogP contribution in [0.5, 0.6) is 0 Å². The summed E-state index contributed by atoms with van der Waals surface area (Å²) in [5.74, 6) is -0.772. The molecule has 0 aliphatic heterocycles. The van der Waals surface area contributed by atoms with E-state index in [0.29, 0.717) is 5.69 Å². The van der Waals surface area contributed by atoms with Crippen LogP contribution in [0.15, 0.2) is 18.2 Å². The van der Waals surface area contributed by atoms with Crippen molar-refractivity contribution < 1.29 is 14.3 Å². The third kappa shape index (κ3) is 3.97. The van der Waals surface area contributed by atoms with E-state index in [0.717, 1.165) is 0 Å². The molecular formula is C12H18FN3O2. The van der Waals surface area contributed by atoms with Gasteiger partial charge in [0, 0.05) is 6.04 Å². The van der Waals surface area contributed by atoms with Gasteiger partial charge in [0.05, 0.1) is 24.5 Å². The maximum atomic E-state index is 13.0. The highest BCUT2D eigenvalue weighted by Crippen LogP contribution is 2.19. The summed E-state index contributed by atoms with van der Waals surface area (Å²) in [6.45, 7) is 1.85. The average molecular weight is 255 g/mol. The van der Waals surface area contributed by atoms with E-state index >= 15 is 0 Å². The van der Waals surface area contributed by atoms with Gasteiger partial charge in [-0.1, -0.05) is 0 Å². The van der Waals surface area contributed by atoms with Gasteiger partial charge >= 0.3 is 0 Å². The average Bonchev–Trinajstić information content (AvgIpc) is 2.32. The van der Waals surface area contributed by atoms with E-state index in [2.05, 4.69) is 5.32 Å². The third-order valence-electron chi connectivity index (χ3n) is 2.70. The van der Waals surface area contributed by atoms with Gasteiger partial charge in [0.15, 0.2) is 0 Å². The van der Waals surface area contributed by atoms with Crippen molar-refractivity contribution in [3.63, 3.8) is 0 Å². The number of likely N-dealkylation sites (N-methyl/N-ethyl adjacent to an activating group) is 1. The zero-order valence-electron chi connectivity index (χ0n) is 10.5. The molecule has 0 aliphatic carbocycles. The smallest absolute Gasteiger partial charge is 0.238 e. The largest absolute Gasteiger partial charge is 0.397 e. The van der Waals surface area contributed by atoms with Crippen molar-refractivity contribution in [1.82, 2.24) is 4.90 Å². The van der Waals surface area contributed by atoms with Gasteiger partial charge in [0.25, 0.3) is 0 Å². The summed E-state index contributed by atoms with van der Waals surface area (Å²) in [4.78, 5) is 13.4. The fourth-order valence-corrected chi connectivity index (χ4v) is 1.35. The van der Waals surface area contributed by atoms with E-state index in [1.807, 2.05) is 0 Å². The number of nitrogen functional groups attached to an aromatic ring is 1. The lowest BCUT2D eigenvalue weighted by Crippen LogP contribution is -2.38. The van der Waals surface area contributed by atoms with Gasteiger partial charge in [-0.05, 0) is 32.2 Å². The number of aliphatic hydroxyl groups is 1. The molecule has 5 nitrogen and oxygen atoms in total. The Morgan fingerprint density at radius 3 is 2.89 bits per heavy atom. The Morgan fingerprint density at radius 2 is 2.28 bits per heavy atom. The topological polar surface area (TPSA) is 78.6 Å². The maximum absolute atomic E-state index is 13.0. The number of aliphatic hydroxyl groups excluding tert-OH is 1. The van der Waals surface area contributed by atoms with Crippen molar-refractivity contribution in [3.8, 4) is 0 Å². The molecule has 1 unspecified atom stereocenters. The van der Waals surface area contributed by atoms with E-state index in [9.17, 15) is 9.18 Å². The molecule has 0 aliphatic rings. The summed E-state index contributed by atoms with van der Waals surface area (Å²) in [7, 11) is 1.72. The molecule has 6 heteroatoms. The van der Waals surface area contributed by atoms with Gasteiger partial charge < -0.3 is 16.2 Å². The molecule has 4 N–H and O–H groups in total. The summed E-state index contributed by atoms with van der Waals surface area (Å²) >= 11 is 0. The van der Waals surface area contributed by atoms with Gasteiger partial charge in [-0.2, -0.15) is 0 Å². The first-order chi connectivity index (χ1) is 8.43. The van der Waals surface area contributed by atoms with Crippen LogP contribution in [0.3, 0.4) is 0 Å². The molecule has 1 rings (SSSR count). The highest BCUT2D eigenvalue weighted by molar-refractivity contribution is 5.95. The minimum absolute atomic E-state index is 0.0358. The zero-order valence-corrected chi connectivity index (χ0v) is 10.5. The fraction of sp³-hybridized carbons (Fsp3) is 0.417. The predicted octanol–water partition coefficient (Wildman–Crippen LogP) is 0.659. The Kier molecular flexibility index (Phi) is 5.06. The number of hydrogen-bond acceptors (Lipinski definition) is 4. The summed E-state index contributed by atoms with van der Waals surface area (Å²) in [5.41, 5.74) is 6.18. The molecule has 1 atom stereocenters. The number of nitrogens with two attached hydrogens (primary N) is 1. The summed E-state index contributed by atoms with van der Waals surface area (Å²) < 4.78 is 13.0. The molecule has 0 aromatic heterocycles. The second-order valence-corrected chi connectivity index (χ2v) is 4.23. The zero-order chi connectivity index (χ0) is 13.7. The third-order valence-corrected chi connectivity index (χ3v) is 2.70. The maximum Gasteiger partial charge on any atom is 0.238 e. The van der Waals surface area contributed by atoms with E-state index in [1.165, 1.54) is 18.2 Å². The molecule has 0 saturated heterocycles.